The lowest BCUT2D eigenvalue weighted by atomic mass is 10.00. The van der Waals surface area contributed by atoms with E-state index in [4.69, 9.17) is 29.0 Å². The second-order valence-electron chi connectivity index (χ2n) is 3.64. The normalized spacial score (nSPS) is 12.4. The molecular weight excluding hydrogens is 276 g/mol. The van der Waals surface area contributed by atoms with Gasteiger partial charge in [-0.05, 0) is 17.7 Å². The maximum atomic E-state index is 13.7. The first-order valence-electron chi connectivity index (χ1n) is 5.14. The van der Waals surface area contributed by atoms with Gasteiger partial charge < -0.3 is 0 Å². The molecule has 0 spiro atoms. The molecule has 0 aliphatic heterocycles. The SMILES string of the molecule is NNC(c1ccncc1F)c1cccc(Cl)c1Cl. The zero-order valence-electron chi connectivity index (χ0n) is 9.20. The number of nitrogens with zero attached hydrogens (tertiary/aromatic N) is 1. The van der Waals surface area contributed by atoms with E-state index in [1.54, 1.807) is 18.2 Å². The van der Waals surface area contributed by atoms with Gasteiger partial charge in [0.1, 0.15) is 5.82 Å². The molecule has 1 aromatic carbocycles. The summed E-state index contributed by atoms with van der Waals surface area (Å²) in [7, 11) is 0. The van der Waals surface area contributed by atoms with Crippen LogP contribution in [0.25, 0.3) is 0 Å². The van der Waals surface area contributed by atoms with Crippen LogP contribution in [0.3, 0.4) is 0 Å². The van der Waals surface area contributed by atoms with Gasteiger partial charge in [-0.25, -0.2) is 9.82 Å². The fraction of sp³-hybridized carbons (Fsp3) is 0.0833. The second-order valence-corrected chi connectivity index (χ2v) is 4.43. The topological polar surface area (TPSA) is 50.9 Å². The van der Waals surface area contributed by atoms with Gasteiger partial charge in [-0.15, -0.1) is 0 Å². The first kappa shape index (κ1) is 13.2. The minimum atomic E-state index is -0.584. The molecule has 6 heteroatoms. The van der Waals surface area contributed by atoms with Crippen molar-refractivity contribution < 1.29 is 4.39 Å². The Morgan fingerprint density at radius 2 is 2.00 bits per heavy atom. The third-order valence-corrected chi connectivity index (χ3v) is 3.41. The molecule has 18 heavy (non-hydrogen) atoms. The average Bonchev–Trinajstić information content (AvgIpc) is 2.37. The summed E-state index contributed by atoms with van der Waals surface area (Å²) in [6.07, 6.45) is 2.61. The Labute approximate surface area is 114 Å². The summed E-state index contributed by atoms with van der Waals surface area (Å²) in [5, 5.41) is 0.738. The molecule has 0 fully saturated rings. The number of halogens is 3. The van der Waals surface area contributed by atoms with Crippen LogP contribution in [0.5, 0.6) is 0 Å². The lowest BCUT2D eigenvalue weighted by Crippen LogP contribution is -2.29. The summed E-state index contributed by atoms with van der Waals surface area (Å²) >= 11 is 12.0. The van der Waals surface area contributed by atoms with Crippen LogP contribution < -0.4 is 11.3 Å². The first-order chi connectivity index (χ1) is 8.65. The zero-order chi connectivity index (χ0) is 13.1. The van der Waals surface area contributed by atoms with Crippen LogP contribution in [0.1, 0.15) is 17.2 Å². The Bertz CT molecular complexity index is 563. The number of nitrogens with one attached hydrogen (secondary N) is 1. The van der Waals surface area contributed by atoms with E-state index < -0.39 is 11.9 Å². The van der Waals surface area contributed by atoms with E-state index in [0.717, 1.165) is 6.20 Å². The van der Waals surface area contributed by atoms with Crippen LogP contribution in [0.15, 0.2) is 36.7 Å². The number of aromatic nitrogens is 1. The van der Waals surface area contributed by atoms with E-state index >= 15 is 0 Å². The standard InChI is InChI=1S/C12H10Cl2FN3/c13-9-3-1-2-8(11(9)14)12(18-16)7-4-5-17-6-10(7)15/h1-6,12,18H,16H2. The molecule has 0 amide bonds. The Hall–Kier alpha value is -1.20. The largest absolute Gasteiger partial charge is 0.271 e. The van der Waals surface area contributed by atoms with Crippen molar-refractivity contribution in [2.75, 3.05) is 0 Å². The smallest absolute Gasteiger partial charge is 0.146 e. The number of rotatable bonds is 3. The monoisotopic (exact) mass is 285 g/mol. The molecule has 0 saturated carbocycles. The van der Waals surface area contributed by atoms with E-state index in [2.05, 4.69) is 10.4 Å². The van der Waals surface area contributed by atoms with Crippen molar-refractivity contribution in [3.63, 3.8) is 0 Å². The van der Waals surface area contributed by atoms with Crippen molar-refractivity contribution in [1.82, 2.24) is 10.4 Å². The molecule has 0 aliphatic rings. The van der Waals surface area contributed by atoms with Crippen molar-refractivity contribution in [2.24, 2.45) is 5.84 Å². The number of nitrogens with two attached hydrogens (primary N) is 1. The fourth-order valence-electron chi connectivity index (χ4n) is 1.71. The molecule has 2 aromatic rings. The summed E-state index contributed by atoms with van der Waals surface area (Å²) in [4.78, 5) is 3.69. The molecule has 3 N–H and O–H groups in total. The lowest BCUT2D eigenvalue weighted by Gasteiger charge is -2.19. The predicted octanol–water partition coefficient (Wildman–Crippen LogP) is 3.08. The van der Waals surface area contributed by atoms with Crippen LogP contribution in [-0.2, 0) is 0 Å². The van der Waals surface area contributed by atoms with Crippen LogP contribution in [-0.4, -0.2) is 4.98 Å². The molecule has 2 rings (SSSR count). The molecule has 1 atom stereocenters. The highest BCUT2D eigenvalue weighted by atomic mass is 35.5. The van der Waals surface area contributed by atoms with Gasteiger partial charge in [-0.1, -0.05) is 35.3 Å². The molecule has 1 heterocycles. The van der Waals surface area contributed by atoms with Crippen molar-refractivity contribution in [2.45, 2.75) is 6.04 Å². The Morgan fingerprint density at radius 1 is 1.22 bits per heavy atom. The highest BCUT2D eigenvalue weighted by Crippen LogP contribution is 2.33. The maximum absolute atomic E-state index is 13.7. The number of benzene rings is 1. The van der Waals surface area contributed by atoms with Crippen molar-refractivity contribution in [3.8, 4) is 0 Å². The van der Waals surface area contributed by atoms with Gasteiger partial charge >= 0.3 is 0 Å². The van der Waals surface area contributed by atoms with Crippen molar-refractivity contribution in [1.29, 1.82) is 0 Å². The number of hydrazine groups is 1. The molecule has 94 valence electrons. The highest BCUT2D eigenvalue weighted by Gasteiger charge is 2.20. The third-order valence-electron chi connectivity index (χ3n) is 2.57. The minimum absolute atomic E-state index is 0.346. The fourth-order valence-corrected chi connectivity index (χ4v) is 2.13. The van der Waals surface area contributed by atoms with Gasteiger partial charge in [0, 0.05) is 11.8 Å². The minimum Gasteiger partial charge on any atom is -0.271 e. The summed E-state index contributed by atoms with van der Waals surface area (Å²) in [5.41, 5.74) is 3.50. The van der Waals surface area contributed by atoms with Gasteiger partial charge in [0.25, 0.3) is 0 Å². The van der Waals surface area contributed by atoms with Gasteiger partial charge in [0.15, 0.2) is 0 Å². The van der Waals surface area contributed by atoms with Crippen molar-refractivity contribution >= 4 is 23.2 Å². The number of pyridine rings is 1. The molecule has 0 radical (unpaired) electrons. The van der Waals surface area contributed by atoms with Gasteiger partial charge in [0.05, 0.1) is 22.3 Å². The molecule has 0 aliphatic carbocycles. The van der Waals surface area contributed by atoms with E-state index in [-0.39, 0.29) is 0 Å². The van der Waals surface area contributed by atoms with Crippen LogP contribution in [0.4, 0.5) is 4.39 Å². The van der Waals surface area contributed by atoms with Crippen LogP contribution in [0, 0.1) is 5.82 Å². The van der Waals surface area contributed by atoms with Gasteiger partial charge in [0.2, 0.25) is 0 Å². The highest BCUT2D eigenvalue weighted by molar-refractivity contribution is 6.42. The molecule has 1 unspecified atom stereocenters. The summed E-state index contributed by atoms with van der Waals surface area (Å²) in [5.74, 6) is 5.02. The van der Waals surface area contributed by atoms with Gasteiger partial charge in [-0.3, -0.25) is 10.8 Å². The summed E-state index contributed by atoms with van der Waals surface area (Å²) in [6, 6.07) is 6.08. The Morgan fingerprint density at radius 3 is 2.67 bits per heavy atom. The molecule has 0 bridgehead atoms. The van der Waals surface area contributed by atoms with Gasteiger partial charge in [-0.2, -0.15) is 0 Å². The van der Waals surface area contributed by atoms with Crippen molar-refractivity contribution in [3.05, 3.63) is 63.6 Å². The molecular formula is C12H10Cl2FN3. The molecule has 0 saturated heterocycles. The average molecular weight is 286 g/mol. The number of hydrogen-bond acceptors (Lipinski definition) is 3. The first-order valence-corrected chi connectivity index (χ1v) is 5.90. The van der Waals surface area contributed by atoms with Crippen LogP contribution in [0.2, 0.25) is 10.0 Å². The Kier molecular flexibility index (Phi) is 4.14. The van der Waals surface area contributed by atoms with E-state index in [1.807, 2.05) is 0 Å². The molecule has 3 nitrogen and oxygen atoms in total. The van der Waals surface area contributed by atoms with E-state index in [1.165, 1.54) is 12.3 Å². The predicted molar refractivity (Wildman–Crippen MR) is 69.8 cm³/mol. The molecule has 1 aromatic heterocycles. The Balaban J connectivity index is 2.53. The number of hydrogen-bond donors (Lipinski definition) is 2. The lowest BCUT2D eigenvalue weighted by molar-refractivity contribution is 0.556. The van der Waals surface area contributed by atoms with E-state index in [0.29, 0.717) is 21.2 Å². The van der Waals surface area contributed by atoms with Crippen LogP contribution >= 0.6 is 23.2 Å². The summed E-state index contributed by atoms with van der Waals surface area (Å²) < 4.78 is 13.7. The van der Waals surface area contributed by atoms with E-state index in [9.17, 15) is 4.39 Å². The maximum Gasteiger partial charge on any atom is 0.146 e. The zero-order valence-corrected chi connectivity index (χ0v) is 10.7. The summed E-state index contributed by atoms with van der Waals surface area (Å²) in [6.45, 7) is 0. The third kappa shape index (κ3) is 2.47. The second kappa shape index (κ2) is 5.63. The quantitative estimate of drug-likeness (QED) is 0.673.